The smallest absolute Gasteiger partial charge is 0.329 e. The Balaban J connectivity index is 1.78. The summed E-state index contributed by atoms with van der Waals surface area (Å²) in [6.45, 7) is 0.237. The quantitative estimate of drug-likeness (QED) is 0.801. The zero-order valence-electron chi connectivity index (χ0n) is 15.5. The van der Waals surface area contributed by atoms with E-state index < -0.39 is 11.9 Å². The van der Waals surface area contributed by atoms with Gasteiger partial charge in [-0.3, -0.25) is 24.0 Å². The number of carbonyl (C=O) groups excluding carboxylic acids is 2. The number of hydrogen-bond donors (Lipinski definition) is 2. The number of aliphatic hydroxyl groups is 1. The number of aromatic nitrogens is 2. The summed E-state index contributed by atoms with van der Waals surface area (Å²) in [4.78, 5) is 36.8. The molecule has 1 aromatic heterocycles. The molecule has 1 saturated heterocycles. The molecule has 2 amide bonds. The third-order valence-corrected chi connectivity index (χ3v) is 6.20. The van der Waals surface area contributed by atoms with Gasteiger partial charge >= 0.3 is 5.69 Å². The number of hydrogen-bond acceptors (Lipinski definition) is 4. The minimum Gasteiger partial charge on any atom is -0.396 e. The Morgan fingerprint density at radius 3 is 2.52 bits per heavy atom. The second-order valence-corrected chi connectivity index (χ2v) is 7.79. The van der Waals surface area contributed by atoms with Gasteiger partial charge in [0, 0.05) is 20.1 Å². The minimum atomic E-state index is -0.653. The first kappa shape index (κ1) is 18.0. The molecule has 0 spiro atoms. The fraction of sp³-hybridized carbons (Fsp3) is 0.550. The van der Waals surface area contributed by atoms with Crippen LogP contribution in [0.1, 0.15) is 56.0 Å². The van der Waals surface area contributed by atoms with E-state index in [2.05, 4.69) is 11.4 Å². The standard InChI is InChI=1S/C20H25N3O4/c1-22-18-14(13-7-5-12(11-24)6-8-13)3-2-4-15(18)23(20(22)27)16-9-10-17(25)21-19(16)26/h2-4,12-13,16,24H,5-11H2,1H3,(H,21,25,26). The number of imidazole rings is 1. The van der Waals surface area contributed by atoms with Gasteiger partial charge in [-0.15, -0.1) is 0 Å². The van der Waals surface area contributed by atoms with Crippen LogP contribution in [-0.4, -0.2) is 32.7 Å². The number of amides is 2. The number of rotatable bonds is 3. The maximum absolute atomic E-state index is 13.0. The van der Waals surface area contributed by atoms with Gasteiger partial charge in [-0.05, 0) is 55.6 Å². The van der Waals surface area contributed by atoms with Crippen LogP contribution in [0.5, 0.6) is 0 Å². The van der Waals surface area contributed by atoms with Crippen molar-refractivity contribution in [3.05, 3.63) is 34.2 Å². The number of imide groups is 1. The Morgan fingerprint density at radius 1 is 1.11 bits per heavy atom. The number of para-hydroxylation sites is 1. The van der Waals surface area contributed by atoms with Gasteiger partial charge in [0.15, 0.2) is 0 Å². The van der Waals surface area contributed by atoms with Crippen LogP contribution in [0, 0.1) is 5.92 Å². The third kappa shape index (κ3) is 3.00. The normalized spacial score (nSPS) is 26.4. The van der Waals surface area contributed by atoms with Gasteiger partial charge in [0.1, 0.15) is 6.04 Å². The number of benzene rings is 1. The second-order valence-electron chi connectivity index (χ2n) is 7.79. The zero-order valence-corrected chi connectivity index (χ0v) is 15.5. The Kier molecular flexibility index (Phi) is 4.63. The van der Waals surface area contributed by atoms with Crippen molar-refractivity contribution in [1.29, 1.82) is 0 Å². The Bertz CT molecular complexity index is 950. The largest absolute Gasteiger partial charge is 0.396 e. The summed E-state index contributed by atoms with van der Waals surface area (Å²) >= 11 is 0. The van der Waals surface area contributed by atoms with Crippen molar-refractivity contribution in [2.45, 2.75) is 50.5 Å². The van der Waals surface area contributed by atoms with Crippen molar-refractivity contribution >= 4 is 22.8 Å². The van der Waals surface area contributed by atoms with E-state index in [1.807, 2.05) is 12.1 Å². The molecule has 1 aliphatic carbocycles. The lowest BCUT2D eigenvalue weighted by molar-refractivity contribution is -0.135. The van der Waals surface area contributed by atoms with E-state index in [-0.39, 0.29) is 24.6 Å². The van der Waals surface area contributed by atoms with Crippen molar-refractivity contribution in [3.8, 4) is 0 Å². The molecular weight excluding hydrogens is 346 g/mol. The lowest BCUT2D eigenvalue weighted by Crippen LogP contribution is -2.44. The SMILES string of the molecule is Cn1c(=O)n(C2CCC(=O)NC2=O)c2cccc(C3CCC(CO)CC3)c21. The molecule has 1 atom stereocenters. The fourth-order valence-corrected chi connectivity index (χ4v) is 4.68. The zero-order chi connectivity index (χ0) is 19.1. The van der Waals surface area contributed by atoms with Crippen LogP contribution in [0.4, 0.5) is 0 Å². The molecule has 2 aromatic rings. The molecular formula is C20H25N3O4. The van der Waals surface area contributed by atoms with E-state index in [1.54, 1.807) is 16.2 Å². The van der Waals surface area contributed by atoms with Crippen molar-refractivity contribution in [1.82, 2.24) is 14.5 Å². The summed E-state index contributed by atoms with van der Waals surface area (Å²) in [6, 6.07) is 5.24. The van der Waals surface area contributed by atoms with Gasteiger partial charge in [-0.1, -0.05) is 12.1 Å². The van der Waals surface area contributed by atoms with E-state index in [9.17, 15) is 19.5 Å². The molecule has 1 saturated carbocycles. The van der Waals surface area contributed by atoms with Crippen LogP contribution < -0.4 is 11.0 Å². The van der Waals surface area contributed by atoms with E-state index in [0.717, 1.165) is 42.3 Å². The third-order valence-electron chi connectivity index (χ3n) is 6.20. The molecule has 2 N–H and O–H groups in total. The van der Waals surface area contributed by atoms with Crippen LogP contribution in [0.3, 0.4) is 0 Å². The molecule has 1 aromatic carbocycles. The highest BCUT2D eigenvalue weighted by atomic mass is 16.3. The number of aliphatic hydroxyl groups excluding tert-OH is 1. The van der Waals surface area contributed by atoms with E-state index in [4.69, 9.17) is 0 Å². The molecule has 7 nitrogen and oxygen atoms in total. The van der Waals surface area contributed by atoms with Gasteiger partial charge in [0.05, 0.1) is 11.0 Å². The molecule has 2 heterocycles. The molecule has 0 bridgehead atoms. The van der Waals surface area contributed by atoms with Crippen molar-refractivity contribution < 1.29 is 14.7 Å². The number of nitrogens with zero attached hydrogens (tertiary/aromatic N) is 2. The van der Waals surface area contributed by atoms with Crippen molar-refractivity contribution in [2.75, 3.05) is 6.61 Å². The first-order valence-corrected chi connectivity index (χ1v) is 9.65. The summed E-state index contributed by atoms with van der Waals surface area (Å²) in [5, 5.41) is 11.7. The Hall–Kier alpha value is -2.41. The monoisotopic (exact) mass is 371 g/mol. The summed E-state index contributed by atoms with van der Waals surface area (Å²) in [6.07, 6.45) is 4.53. The molecule has 1 aliphatic heterocycles. The summed E-state index contributed by atoms with van der Waals surface area (Å²) in [5.74, 6) is 0.0256. The maximum atomic E-state index is 13.0. The molecule has 2 fully saturated rings. The molecule has 0 radical (unpaired) electrons. The van der Waals surface area contributed by atoms with Crippen LogP contribution in [0.25, 0.3) is 11.0 Å². The highest BCUT2D eigenvalue weighted by molar-refractivity contribution is 6.00. The number of piperidine rings is 1. The van der Waals surface area contributed by atoms with Gasteiger partial charge in [0.2, 0.25) is 11.8 Å². The van der Waals surface area contributed by atoms with Gasteiger partial charge < -0.3 is 5.11 Å². The topological polar surface area (TPSA) is 93.3 Å². The van der Waals surface area contributed by atoms with E-state index in [1.165, 1.54) is 0 Å². The van der Waals surface area contributed by atoms with Crippen molar-refractivity contribution in [2.24, 2.45) is 13.0 Å². The molecule has 4 rings (SSSR count). The van der Waals surface area contributed by atoms with Crippen LogP contribution in [0.15, 0.2) is 23.0 Å². The highest BCUT2D eigenvalue weighted by Crippen LogP contribution is 2.38. The van der Waals surface area contributed by atoms with Crippen LogP contribution in [-0.2, 0) is 16.6 Å². The van der Waals surface area contributed by atoms with Gasteiger partial charge in [-0.25, -0.2) is 4.79 Å². The fourth-order valence-electron chi connectivity index (χ4n) is 4.68. The lowest BCUT2D eigenvalue weighted by atomic mass is 9.78. The molecule has 1 unspecified atom stereocenters. The molecule has 7 heteroatoms. The Labute approximate surface area is 157 Å². The van der Waals surface area contributed by atoms with E-state index >= 15 is 0 Å². The van der Waals surface area contributed by atoms with Crippen molar-refractivity contribution in [3.63, 3.8) is 0 Å². The second kappa shape index (κ2) is 6.96. The average molecular weight is 371 g/mol. The van der Waals surface area contributed by atoms with E-state index in [0.29, 0.717) is 18.3 Å². The molecule has 27 heavy (non-hydrogen) atoms. The first-order chi connectivity index (χ1) is 13.0. The van der Waals surface area contributed by atoms with Gasteiger partial charge in [0.25, 0.3) is 0 Å². The molecule has 144 valence electrons. The average Bonchev–Trinajstić information content (AvgIpc) is 2.93. The summed E-state index contributed by atoms with van der Waals surface area (Å²) in [7, 11) is 1.75. The summed E-state index contributed by atoms with van der Waals surface area (Å²) < 4.78 is 3.17. The number of carbonyl (C=O) groups is 2. The van der Waals surface area contributed by atoms with Crippen LogP contribution in [0.2, 0.25) is 0 Å². The maximum Gasteiger partial charge on any atom is 0.329 e. The predicted molar refractivity (Wildman–Crippen MR) is 100 cm³/mol. The summed E-state index contributed by atoms with van der Waals surface area (Å²) in [5.41, 5.74) is 2.53. The minimum absolute atomic E-state index is 0.226. The predicted octanol–water partition coefficient (Wildman–Crippen LogP) is 1.58. The number of aryl methyl sites for hydroxylation is 1. The van der Waals surface area contributed by atoms with Gasteiger partial charge in [-0.2, -0.15) is 0 Å². The number of nitrogens with one attached hydrogen (secondary N) is 1. The van der Waals surface area contributed by atoms with Crippen LogP contribution >= 0.6 is 0 Å². The lowest BCUT2D eigenvalue weighted by Gasteiger charge is -2.28. The molecule has 2 aliphatic rings. The highest BCUT2D eigenvalue weighted by Gasteiger charge is 2.32. The first-order valence-electron chi connectivity index (χ1n) is 9.65. The Morgan fingerprint density at radius 2 is 1.85 bits per heavy atom. The number of fused-ring (bicyclic) bond motifs is 1.